The van der Waals surface area contributed by atoms with Crippen molar-refractivity contribution in [3.05, 3.63) is 35.4 Å². The van der Waals surface area contributed by atoms with Crippen LogP contribution in [0, 0.1) is 0 Å². The molecule has 0 saturated carbocycles. The predicted molar refractivity (Wildman–Crippen MR) is 86.9 cm³/mol. The number of rotatable bonds is 4. The number of fused-ring (bicyclic) bond motifs is 1. The Morgan fingerprint density at radius 1 is 1.29 bits per heavy atom. The molecule has 1 aliphatic rings. The first-order chi connectivity index (χ1) is 11.2. The van der Waals surface area contributed by atoms with Crippen LogP contribution in [0.25, 0.3) is 0 Å². The van der Waals surface area contributed by atoms with Gasteiger partial charge in [0.2, 0.25) is 10.0 Å². The Morgan fingerprint density at radius 3 is 2.75 bits per heavy atom. The summed E-state index contributed by atoms with van der Waals surface area (Å²) in [7, 11) is -7.57. The van der Waals surface area contributed by atoms with Crippen molar-refractivity contribution >= 4 is 31.5 Å². The van der Waals surface area contributed by atoms with Crippen LogP contribution < -0.4 is 4.72 Å². The minimum atomic E-state index is -4.02. The number of hydrogen-bond donors (Lipinski definition) is 1. The molecule has 0 amide bonds. The molecule has 0 radical (unpaired) electrons. The van der Waals surface area contributed by atoms with Gasteiger partial charge < -0.3 is 0 Å². The lowest BCUT2D eigenvalue weighted by atomic mass is 10.1. The minimum absolute atomic E-state index is 0.0489. The molecule has 1 aliphatic heterocycles. The normalized spacial score (nSPS) is 18.3. The Kier molecular flexibility index (Phi) is 4.41. The van der Waals surface area contributed by atoms with Crippen molar-refractivity contribution in [2.75, 3.05) is 6.26 Å². The van der Waals surface area contributed by atoms with E-state index in [2.05, 4.69) is 14.8 Å². The van der Waals surface area contributed by atoms with E-state index in [1.807, 2.05) is 0 Å². The van der Waals surface area contributed by atoms with E-state index >= 15 is 0 Å². The second kappa shape index (κ2) is 6.10. The topological polar surface area (TPSA) is 111 Å². The molecule has 8 nitrogen and oxygen atoms in total. The lowest BCUT2D eigenvalue weighted by Crippen LogP contribution is -2.33. The Morgan fingerprint density at radius 2 is 2.04 bits per heavy atom. The van der Waals surface area contributed by atoms with Gasteiger partial charge in [-0.15, -0.1) is 0 Å². The molecule has 0 fully saturated rings. The van der Waals surface area contributed by atoms with Crippen LogP contribution >= 0.6 is 11.6 Å². The van der Waals surface area contributed by atoms with Crippen LogP contribution in [0.5, 0.6) is 0 Å². The molecule has 130 valence electrons. The molecule has 0 bridgehead atoms. The highest BCUT2D eigenvalue weighted by Crippen LogP contribution is 2.28. The largest absolute Gasteiger partial charge is 0.248 e. The lowest BCUT2D eigenvalue weighted by Gasteiger charge is -2.23. The van der Waals surface area contributed by atoms with Crippen molar-refractivity contribution in [2.24, 2.45) is 0 Å². The van der Waals surface area contributed by atoms with Gasteiger partial charge in [0.05, 0.1) is 16.0 Å². The zero-order valence-electron chi connectivity index (χ0n) is 12.7. The maximum Gasteiger partial charge on any atom is 0.242 e. The molecule has 0 spiro atoms. The van der Waals surface area contributed by atoms with Gasteiger partial charge >= 0.3 is 0 Å². The van der Waals surface area contributed by atoms with Crippen LogP contribution in [-0.4, -0.2) is 37.9 Å². The van der Waals surface area contributed by atoms with Gasteiger partial charge in [0.25, 0.3) is 0 Å². The number of benzene rings is 1. The average molecular weight is 391 g/mol. The van der Waals surface area contributed by atoms with E-state index in [1.54, 1.807) is 4.68 Å². The molecule has 1 unspecified atom stereocenters. The van der Waals surface area contributed by atoms with E-state index in [0.717, 1.165) is 18.7 Å². The maximum atomic E-state index is 12.7. The van der Waals surface area contributed by atoms with Crippen LogP contribution in [0.2, 0.25) is 5.02 Å². The molecule has 1 aromatic carbocycles. The van der Waals surface area contributed by atoms with Crippen molar-refractivity contribution < 1.29 is 16.8 Å². The third kappa shape index (κ3) is 3.32. The van der Waals surface area contributed by atoms with Crippen molar-refractivity contribution in [1.29, 1.82) is 0 Å². The summed E-state index contributed by atoms with van der Waals surface area (Å²) in [5.74, 6) is 0.528. The number of sulfone groups is 1. The highest BCUT2D eigenvalue weighted by Gasteiger charge is 2.29. The van der Waals surface area contributed by atoms with E-state index in [4.69, 9.17) is 11.6 Å². The Labute approximate surface area is 144 Å². The van der Waals surface area contributed by atoms with Crippen LogP contribution in [0.1, 0.15) is 24.7 Å². The average Bonchev–Trinajstić information content (AvgIpc) is 2.95. The van der Waals surface area contributed by atoms with E-state index in [1.165, 1.54) is 18.5 Å². The minimum Gasteiger partial charge on any atom is -0.248 e. The summed E-state index contributed by atoms with van der Waals surface area (Å²) in [6, 6.07) is 3.06. The highest BCUT2D eigenvalue weighted by molar-refractivity contribution is 7.91. The molecular weight excluding hydrogens is 376 g/mol. The Hall–Kier alpha value is -1.49. The van der Waals surface area contributed by atoms with Gasteiger partial charge in [0.15, 0.2) is 9.84 Å². The predicted octanol–water partition coefficient (Wildman–Crippen LogP) is 1.15. The number of hydrogen-bond acceptors (Lipinski definition) is 6. The zero-order valence-corrected chi connectivity index (χ0v) is 15.1. The summed E-state index contributed by atoms with van der Waals surface area (Å²) >= 11 is 5.98. The summed E-state index contributed by atoms with van der Waals surface area (Å²) in [5, 5.41) is 3.99. The van der Waals surface area contributed by atoms with E-state index < -0.39 is 25.9 Å². The van der Waals surface area contributed by atoms with Gasteiger partial charge in [0, 0.05) is 12.8 Å². The fourth-order valence-corrected chi connectivity index (χ4v) is 5.05. The van der Waals surface area contributed by atoms with Crippen molar-refractivity contribution in [3.63, 3.8) is 0 Å². The highest BCUT2D eigenvalue weighted by atomic mass is 35.5. The standard InChI is InChI=1S/C13H15ClN4O4S2/c1-23(19,20)9-4-5-10(14)12(7-9)24(21,22)17-11-3-2-6-18-13(11)15-8-16-18/h4-5,7-8,11,17H,2-3,6H2,1H3. The third-order valence-corrected chi connectivity index (χ3v) is 6.80. The number of sulfonamides is 1. The van der Waals surface area contributed by atoms with Crippen molar-refractivity contribution in [1.82, 2.24) is 19.5 Å². The second-order valence-corrected chi connectivity index (χ2v) is 9.63. The summed E-state index contributed by atoms with van der Waals surface area (Å²) in [4.78, 5) is 3.71. The number of halogens is 1. The van der Waals surface area contributed by atoms with Crippen LogP contribution in [-0.2, 0) is 26.4 Å². The van der Waals surface area contributed by atoms with Gasteiger partial charge in [-0.1, -0.05) is 11.6 Å². The lowest BCUT2D eigenvalue weighted by molar-refractivity contribution is 0.400. The van der Waals surface area contributed by atoms with Crippen LogP contribution in [0.15, 0.2) is 34.3 Å². The number of nitrogens with one attached hydrogen (secondary N) is 1. The van der Waals surface area contributed by atoms with Gasteiger partial charge in [-0.05, 0) is 31.0 Å². The van der Waals surface area contributed by atoms with Gasteiger partial charge in [-0.3, -0.25) is 0 Å². The molecular formula is C13H15ClN4O4S2. The Balaban J connectivity index is 1.98. The quantitative estimate of drug-likeness (QED) is 0.838. The first-order valence-electron chi connectivity index (χ1n) is 7.08. The molecule has 1 atom stereocenters. The van der Waals surface area contributed by atoms with Crippen LogP contribution in [0.4, 0.5) is 0 Å². The van der Waals surface area contributed by atoms with E-state index in [9.17, 15) is 16.8 Å². The summed E-state index contributed by atoms with van der Waals surface area (Å²) < 4.78 is 52.9. The van der Waals surface area contributed by atoms with E-state index in [0.29, 0.717) is 18.8 Å². The molecule has 0 saturated heterocycles. The summed E-state index contributed by atoms with van der Waals surface area (Å²) in [6.45, 7) is 0.678. The molecule has 1 aromatic heterocycles. The molecule has 1 N–H and O–H groups in total. The SMILES string of the molecule is CS(=O)(=O)c1ccc(Cl)c(S(=O)(=O)NC2CCCn3ncnc32)c1. The van der Waals surface area contributed by atoms with Gasteiger partial charge in [-0.2, -0.15) is 5.10 Å². The molecule has 24 heavy (non-hydrogen) atoms. The Bertz CT molecular complexity index is 985. The number of aryl methyl sites for hydroxylation is 1. The zero-order chi connectivity index (χ0) is 17.5. The fourth-order valence-electron chi connectivity index (χ4n) is 2.57. The number of aromatic nitrogens is 3. The molecule has 11 heteroatoms. The first kappa shape index (κ1) is 17.3. The fraction of sp³-hybridized carbons (Fsp3) is 0.385. The summed E-state index contributed by atoms with van der Waals surface area (Å²) in [5.41, 5.74) is 0. The first-order valence-corrected chi connectivity index (χ1v) is 10.8. The summed E-state index contributed by atoms with van der Waals surface area (Å²) in [6.07, 6.45) is 3.70. The monoisotopic (exact) mass is 390 g/mol. The van der Waals surface area contributed by atoms with Gasteiger partial charge in [0.1, 0.15) is 17.0 Å². The second-order valence-electron chi connectivity index (χ2n) is 5.52. The molecule has 2 heterocycles. The number of nitrogens with zero attached hydrogens (tertiary/aromatic N) is 3. The van der Waals surface area contributed by atoms with Gasteiger partial charge in [-0.25, -0.2) is 31.2 Å². The van der Waals surface area contributed by atoms with Crippen molar-refractivity contribution in [2.45, 2.75) is 35.2 Å². The smallest absolute Gasteiger partial charge is 0.242 e. The molecule has 3 rings (SSSR count). The van der Waals surface area contributed by atoms with Crippen molar-refractivity contribution in [3.8, 4) is 0 Å². The van der Waals surface area contributed by atoms with Crippen LogP contribution in [0.3, 0.4) is 0 Å². The third-order valence-electron chi connectivity index (χ3n) is 3.74. The van der Waals surface area contributed by atoms with E-state index in [-0.39, 0.29) is 14.8 Å². The molecule has 2 aromatic rings. The molecule has 0 aliphatic carbocycles. The maximum absolute atomic E-state index is 12.7.